The van der Waals surface area contributed by atoms with Gasteiger partial charge >= 0.3 is 11.9 Å². The van der Waals surface area contributed by atoms with Gasteiger partial charge in [-0.2, -0.15) is 22.8 Å². The van der Waals surface area contributed by atoms with Gasteiger partial charge in [-0.3, -0.25) is 4.98 Å². The van der Waals surface area contributed by atoms with Crippen LogP contribution in [0, 0.1) is 0 Å². The van der Waals surface area contributed by atoms with Gasteiger partial charge in [-0.1, -0.05) is 35.9 Å². The minimum atomic E-state index is -4.43. The molecule has 0 radical (unpaired) electrons. The lowest BCUT2D eigenvalue weighted by Crippen LogP contribution is -2.23. The van der Waals surface area contributed by atoms with Crippen LogP contribution in [0.2, 0.25) is 5.02 Å². The number of alkyl halides is 3. The van der Waals surface area contributed by atoms with Gasteiger partial charge in [0.2, 0.25) is 0 Å². The first kappa shape index (κ1) is 21.8. The summed E-state index contributed by atoms with van der Waals surface area (Å²) in [6.07, 6.45) is 0.456. The van der Waals surface area contributed by atoms with Crippen molar-refractivity contribution >= 4 is 17.2 Å². The number of halogens is 4. The number of pyridine rings is 1. The van der Waals surface area contributed by atoms with Crippen molar-refractivity contribution in [3.8, 4) is 22.3 Å². The Morgan fingerprint density at radius 1 is 0.882 bits per heavy atom. The largest absolute Gasteiger partial charge is 0.416 e. The first-order valence-electron chi connectivity index (χ1n) is 10.1. The molecule has 3 aromatic heterocycles. The molecule has 3 heterocycles. The van der Waals surface area contributed by atoms with Gasteiger partial charge in [0.25, 0.3) is 0 Å². The Morgan fingerprint density at radius 2 is 1.56 bits per heavy atom. The zero-order valence-corrected chi connectivity index (χ0v) is 18.1. The minimum absolute atomic E-state index is 0.00895. The number of rotatable bonds is 4. The normalized spacial score (nSPS) is 11.8. The molecule has 0 aliphatic rings. The van der Waals surface area contributed by atoms with Crippen LogP contribution < -0.4 is 5.69 Å². The van der Waals surface area contributed by atoms with Gasteiger partial charge in [-0.05, 0) is 53.1 Å². The molecular formula is C24H15ClF3N5O. The van der Waals surface area contributed by atoms with Crippen molar-refractivity contribution in [1.29, 1.82) is 0 Å². The number of nitrogens with zero attached hydrogens (tertiary/aromatic N) is 5. The van der Waals surface area contributed by atoms with Gasteiger partial charge in [0.15, 0.2) is 5.65 Å². The van der Waals surface area contributed by atoms with Crippen LogP contribution >= 0.6 is 11.6 Å². The lowest BCUT2D eigenvalue weighted by molar-refractivity contribution is -0.137. The molecule has 0 bridgehead atoms. The van der Waals surface area contributed by atoms with E-state index in [1.54, 1.807) is 30.7 Å². The standard InChI is InChI=1S/C24H15ClF3N5O/c25-19-7-3-17(4-8-19)21-20(16-9-11-29-12-10-16)13-30-33-22(21)31-32(23(33)34)14-15-1-5-18(6-2-15)24(26,27)28/h1-13H,14H2. The maximum atomic E-state index is 13.0. The fraction of sp³-hybridized carbons (Fsp3) is 0.0833. The molecule has 0 unspecified atom stereocenters. The Bertz CT molecular complexity index is 1530. The van der Waals surface area contributed by atoms with E-state index in [1.165, 1.54) is 21.3 Å². The Hall–Kier alpha value is -3.98. The minimum Gasteiger partial charge on any atom is -0.265 e. The molecule has 10 heteroatoms. The third-order valence-electron chi connectivity index (χ3n) is 5.35. The van der Waals surface area contributed by atoms with Crippen molar-refractivity contribution in [1.82, 2.24) is 24.4 Å². The maximum Gasteiger partial charge on any atom is 0.416 e. The molecule has 5 aromatic rings. The Morgan fingerprint density at radius 3 is 2.21 bits per heavy atom. The molecule has 5 rings (SSSR count). The van der Waals surface area contributed by atoms with E-state index in [9.17, 15) is 18.0 Å². The maximum absolute atomic E-state index is 13.0. The van der Waals surface area contributed by atoms with Gasteiger partial charge < -0.3 is 0 Å². The first-order chi connectivity index (χ1) is 16.3. The SMILES string of the molecule is O=c1n(Cc2ccc(C(F)(F)F)cc2)nc2c(-c3ccc(Cl)cc3)c(-c3ccncc3)cnn12. The lowest BCUT2D eigenvalue weighted by atomic mass is 9.98. The summed E-state index contributed by atoms with van der Waals surface area (Å²) < 4.78 is 41.0. The van der Waals surface area contributed by atoms with E-state index < -0.39 is 17.4 Å². The predicted octanol–water partition coefficient (Wildman–Crippen LogP) is 5.34. The van der Waals surface area contributed by atoms with Crippen LogP contribution in [-0.4, -0.2) is 24.4 Å². The number of hydrogen-bond donors (Lipinski definition) is 0. The molecule has 2 aromatic carbocycles. The van der Waals surface area contributed by atoms with Gasteiger partial charge in [-0.15, -0.1) is 5.10 Å². The number of fused-ring (bicyclic) bond motifs is 1. The highest BCUT2D eigenvalue weighted by Crippen LogP contribution is 2.34. The second-order valence-corrected chi connectivity index (χ2v) is 7.98. The quantitative estimate of drug-likeness (QED) is 0.347. The van der Waals surface area contributed by atoms with Crippen LogP contribution in [-0.2, 0) is 12.7 Å². The average Bonchev–Trinajstić information content (AvgIpc) is 3.14. The highest BCUT2D eigenvalue weighted by atomic mass is 35.5. The summed E-state index contributed by atoms with van der Waals surface area (Å²) >= 11 is 6.07. The van der Waals surface area contributed by atoms with Crippen LogP contribution in [0.1, 0.15) is 11.1 Å². The molecule has 0 aliphatic heterocycles. The van der Waals surface area contributed by atoms with E-state index >= 15 is 0 Å². The second-order valence-electron chi connectivity index (χ2n) is 7.55. The summed E-state index contributed by atoms with van der Waals surface area (Å²) in [6, 6.07) is 15.4. The van der Waals surface area contributed by atoms with E-state index in [4.69, 9.17) is 11.6 Å². The molecule has 0 amide bonds. The summed E-state index contributed by atoms with van der Waals surface area (Å²) in [4.78, 5) is 17.1. The molecule has 6 nitrogen and oxygen atoms in total. The zero-order valence-electron chi connectivity index (χ0n) is 17.4. The topological polar surface area (TPSA) is 65.1 Å². The Kier molecular flexibility index (Phi) is 5.41. The van der Waals surface area contributed by atoms with Crippen LogP contribution in [0.25, 0.3) is 27.9 Å². The highest BCUT2D eigenvalue weighted by molar-refractivity contribution is 6.30. The smallest absolute Gasteiger partial charge is 0.265 e. The van der Waals surface area contributed by atoms with Gasteiger partial charge in [-0.25, -0.2) is 9.48 Å². The predicted molar refractivity (Wildman–Crippen MR) is 121 cm³/mol. The second kappa shape index (κ2) is 8.42. The Balaban J connectivity index is 1.65. The summed E-state index contributed by atoms with van der Waals surface area (Å²) in [6.45, 7) is -0.00895. The molecule has 170 valence electrons. The van der Waals surface area contributed by atoms with Gasteiger partial charge in [0.05, 0.1) is 18.3 Å². The summed E-state index contributed by atoms with van der Waals surface area (Å²) in [7, 11) is 0. The number of benzene rings is 2. The van der Waals surface area contributed by atoms with Crippen LogP contribution in [0.3, 0.4) is 0 Å². The first-order valence-corrected chi connectivity index (χ1v) is 10.5. The molecule has 0 spiro atoms. The molecule has 0 N–H and O–H groups in total. The van der Waals surface area contributed by atoms with Crippen molar-refractivity contribution in [3.63, 3.8) is 0 Å². The average molecular weight is 482 g/mol. The van der Waals surface area contributed by atoms with E-state index in [0.717, 1.165) is 28.8 Å². The molecule has 34 heavy (non-hydrogen) atoms. The van der Waals surface area contributed by atoms with Gasteiger partial charge in [0, 0.05) is 28.5 Å². The molecule has 0 saturated heterocycles. The van der Waals surface area contributed by atoms with Crippen molar-refractivity contribution < 1.29 is 13.2 Å². The van der Waals surface area contributed by atoms with Crippen LogP contribution in [0.15, 0.2) is 84.0 Å². The van der Waals surface area contributed by atoms with Gasteiger partial charge in [0.1, 0.15) is 0 Å². The van der Waals surface area contributed by atoms with Crippen molar-refractivity contribution in [2.75, 3.05) is 0 Å². The summed E-state index contributed by atoms with van der Waals surface area (Å²) in [5.74, 6) is 0. The number of aromatic nitrogens is 5. The monoisotopic (exact) mass is 481 g/mol. The van der Waals surface area contributed by atoms with E-state index in [2.05, 4.69) is 15.2 Å². The molecule has 0 aliphatic carbocycles. The number of hydrogen-bond acceptors (Lipinski definition) is 4. The van der Waals surface area contributed by atoms with E-state index in [-0.39, 0.29) is 6.54 Å². The summed E-state index contributed by atoms with van der Waals surface area (Å²) in [5.41, 5.74) is 2.56. The van der Waals surface area contributed by atoms with Crippen molar-refractivity contribution in [3.05, 3.63) is 106 Å². The fourth-order valence-corrected chi connectivity index (χ4v) is 3.81. The fourth-order valence-electron chi connectivity index (χ4n) is 3.69. The van der Waals surface area contributed by atoms with Crippen LogP contribution in [0.5, 0.6) is 0 Å². The van der Waals surface area contributed by atoms with Crippen molar-refractivity contribution in [2.24, 2.45) is 0 Å². The third-order valence-corrected chi connectivity index (χ3v) is 5.60. The van der Waals surface area contributed by atoms with E-state index in [0.29, 0.717) is 21.8 Å². The zero-order chi connectivity index (χ0) is 23.9. The molecular weight excluding hydrogens is 467 g/mol. The highest BCUT2D eigenvalue weighted by Gasteiger charge is 2.30. The third kappa shape index (κ3) is 4.06. The Labute approximate surface area is 195 Å². The lowest BCUT2D eigenvalue weighted by Gasteiger charge is -2.10. The van der Waals surface area contributed by atoms with Crippen LogP contribution in [0.4, 0.5) is 13.2 Å². The molecule has 0 atom stereocenters. The van der Waals surface area contributed by atoms with E-state index in [1.807, 2.05) is 24.3 Å². The molecule has 0 saturated carbocycles. The van der Waals surface area contributed by atoms with Crippen molar-refractivity contribution in [2.45, 2.75) is 12.7 Å². The summed E-state index contributed by atoms with van der Waals surface area (Å²) in [5, 5.41) is 9.35. The molecule has 0 fully saturated rings.